The minimum Gasteiger partial charge on any atom is -0.480 e. The van der Waals surface area contributed by atoms with Gasteiger partial charge in [0.1, 0.15) is 6.54 Å². The SMILES string of the molecule is CCSc1c(N[C@@H]2C[C@@H]3C[C@H](C2C)C3(C)C)cnn(CC(=O)O)c1=O. The highest BCUT2D eigenvalue weighted by Crippen LogP contribution is 2.61. The lowest BCUT2D eigenvalue weighted by Gasteiger charge is -2.62. The van der Waals surface area contributed by atoms with E-state index < -0.39 is 12.5 Å². The molecule has 1 aromatic rings. The zero-order valence-electron chi connectivity index (χ0n) is 15.3. The molecule has 4 atom stereocenters. The van der Waals surface area contributed by atoms with E-state index in [4.69, 9.17) is 5.11 Å². The molecule has 7 heteroatoms. The van der Waals surface area contributed by atoms with Gasteiger partial charge < -0.3 is 10.4 Å². The molecule has 0 amide bonds. The summed E-state index contributed by atoms with van der Waals surface area (Å²) >= 11 is 1.44. The summed E-state index contributed by atoms with van der Waals surface area (Å²) in [5.41, 5.74) is 0.838. The Morgan fingerprint density at radius 2 is 2.20 bits per heavy atom. The van der Waals surface area contributed by atoms with Gasteiger partial charge in [-0.2, -0.15) is 5.10 Å². The minimum atomic E-state index is -1.06. The van der Waals surface area contributed by atoms with Crippen molar-refractivity contribution < 1.29 is 9.90 Å². The fourth-order valence-corrected chi connectivity index (χ4v) is 5.42. The third kappa shape index (κ3) is 3.18. The summed E-state index contributed by atoms with van der Waals surface area (Å²) in [5, 5.41) is 16.6. The van der Waals surface area contributed by atoms with Crippen LogP contribution in [0.15, 0.2) is 15.9 Å². The van der Waals surface area contributed by atoms with E-state index >= 15 is 0 Å². The second-order valence-electron chi connectivity index (χ2n) is 7.88. The van der Waals surface area contributed by atoms with Gasteiger partial charge in [-0.05, 0) is 41.8 Å². The van der Waals surface area contributed by atoms with E-state index in [1.165, 1.54) is 18.2 Å². The van der Waals surface area contributed by atoms with E-state index in [0.29, 0.717) is 28.2 Å². The van der Waals surface area contributed by atoms with E-state index in [0.717, 1.165) is 28.5 Å². The number of aromatic nitrogens is 2. The Kier molecular flexibility index (Phi) is 4.88. The van der Waals surface area contributed by atoms with Crippen LogP contribution in [0.5, 0.6) is 0 Å². The Balaban J connectivity index is 1.84. The van der Waals surface area contributed by atoms with Crippen LogP contribution in [0.4, 0.5) is 5.69 Å². The molecular weight excluding hydrogens is 338 g/mol. The highest BCUT2D eigenvalue weighted by molar-refractivity contribution is 7.99. The molecule has 0 aromatic carbocycles. The molecule has 1 aromatic heterocycles. The van der Waals surface area contributed by atoms with Gasteiger partial charge in [-0.25, -0.2) is 4.68 Å². The Hall–Kier alpha value is -1.50. The Morgan fingerprint density at radius 3 is 2.76 bits per heavy atom. The van der Waals surface area contributed by atoms with E-state index in [2.05, 4.69) is 31.2 Å². The first kappa shape index (κ1) is 18.3. The number of rotatable bonds is 6. The summed E-state index contributed by atoms with van der Waals surface area (Å²) in [6.07, 6.45) is 4.03. The van der Waals surface area contributed by atoms with Crippen molar-refractivity contribution in [3.63, 3.8) is 0 Å². The molecule has 2 N–H and O–H groups in total. The maximum Gasteiger partial charge on any atom is 0.325 e. The zero-order chi connectivity index (χ0) is 18.4. The molecular formula is C18H27N3O3S. The van der Waals surface area contributed by atoms with E-state index in [1.807, 2.05) is 6.92 Å². The standard InChI is InChI=1S/C18H27N3O3S/c1-5-25-16-14(8-19-21(17(16)24)9-15(22)23)20-13-7-11-6-12(10(13)2)18(11,3)4/h8,10-13,20H,5-7,9H2,1-4H3,(H,22,23)/t10?,11-,12+,13+/m0/s1. The number of thioether (sulfide) groups is 1. The molecule has 0 saturated heterocycles. The van der Waals surface area contributed by atoms with Crippen LogP contribution in [0.25, 0.3) is 0 Å². The van der Waals surface area contributed by atoms with Crippen LogP contribution < -0.4 is 10.9 Å². The first-order valence-corrected chi connectivity index (χ1v) is 9.95. The molecule has 0 spiro atoms. The highest BCUT2D eigenvalue weighted by Gasteiger charge is 2.56. The number of aliphatic carboxylic acids is 1. The Bertz CT molecular complexity index is 731. The molecule has 1 heterocycles. The lowest BCUT2D eigenvalue weighted by molar-refractivity contribution is -0.138. The van der Waals surface area contributed by atoms with Gasteiger partial charge in [0, 0.05) is 6.04 Å². The lowest BCUT2D eigenvalue weighted by Crippen LogP contribution is -2.58. The van der Waals surface area contributed by atoms with Gasteiger partial charge >= 0.3 is 5.97 Å². The topological polar surface area (TPSA) is 84.2 Å². The number of anilines is 1. The molecule has 3 aliphatic carbocycles. The van der Waals surface area contributed by atoms with Gasteiger partial charge in [0.15, 0.2) is 0 Å². The van der Waals surface area contributed by atoms with Crippen molar-refractivity contribution in [2.24, 2.45) is 23.2 Å². The predicted octanol–water partition coefficient (Wildman–Crippen LogP) is 2.92. The van der Waals surface area contributed by atoms with E-state index in [1.54, 1.807) is 6.20 Å². The van der Waals surface area contributed by atoms with Crippen LogP contribution in [0, 0.1) is 23.2 Å². The molecule has 4 rings (SSSR count). The Morgan fingerprint density at radius 1 is 1.48 bits per heavy atom. The zero-order valence-corrected chi connectivity index (χ0v) is 16.1. The van der Waals surface area contributed by atoms with Gasteiger partial charge in [0.2, 0.25) is 0 Å². The molecule has 0 aliphatic heterocycles. The van der Waals surface area contributed by atoms with Crippen LogP contribution in [-0.2, 0) is 11.3 Å². The minimum absolute atomic E-state index is 0.326. The quantitative estimate of drug-likeness (QED) is 0.754. The fourth-order valence-electron chi connectivity index (χ4n) is 4.64. The maximum atomic E-state index is 12.6. The van der Waals surface area contributed by atoms with E-state index in [9.17, 15) is 9.59 Å². The van der Waals surface area contributed by atoms with Crippen LogP contribution in [0.1, 0.15) is 40.5 Å². The summed E-state index contributed by atoms with van der Waals surface area (Å²) in [6.45, 7) is 8.60. The first-order valence-electron chi connectivity index (χ1n) is 8.97. The highest BCUT2D eigenvalue weighted by atomic mass is 32.2. The van der Waals surface area contributed by atoms with Crippen LogP contribution in [0.3, 0.4) is 0 Å². The molecule has 6 nitrogen and oxygen atoms in total. The number of nitrogens with one attached hydrogen (secondary N) is 1. The van der Waals surface area contributed by atoms with Crippen molar-refractivity contribution in [3.8, 4) is 0 Å². The average molecular weight is 365 g/mol. The predicted molar refractivity (Wildman–Crippen MR) is 99.1 cm³/mol. The van der Waals surface area contributed by atoms with Gasteiger partial charge in [0.05, 0.1) is 16.8 Å². The first-order chi connectivity index (χ1) is 11.8. The van der Waals surface area contributed by atoms with Crippen molar-refractivity contribution in [1.29, 1.82) is 0 Å². The molecule has 25 heavy (non-hydrogen) atoms. The molecule has 2 bridgehead atoms. The summed E-state index contributed by atoms with van der Waals surface area (Å²) in [5.74, 6) is 1.67. The van der Waals surface area contributed by atoms with Crippen LogP contribution >= 0.6 is 11.8 Å². The van der Waals surface area contributed by atoms with E-state index in [-0.39, 0.29) is 5.56 Å². The Labute approximate surface area is 152 Å². The maximum absolute atomic E-state index is 12.6. The number of carbonyl (C=O) groups is 1. The third-order valence-corrected chi connectivity index (χ3v) is 7.24. The summed E-state index contributed by atoms with van der Waals surface area (Å²) < 4.78 is 1.02. The van der Waals surface area contributed by atoms with Crippen LogP contribution in [0.2, 0.25) is 0 Å². The molecule has 1 unspecified atom stereocenters. The molecule has 0 radical (unpaired) electrons. The molecule has 3 saturated carbocycles. The normalized spacial score (nSPS) is 29.8. The number of carboxylic acid groups (broad SMARTS) is 1. The number of carboxylic acids is 1. The lowest BCUT2D eigenvalue weighted by atomic mass is 9.45. The number of nitrogens with zero attached hydrogens (tertiary/aromatic N) is 2. The molecule has 138 valence electrons. The van der Waals surface area contributed by atoms with Gasteiger partial charge in [-0.15, -0.1) is 11.8 Å². The average Bonchev–Trinajstić information content (AvgIpc) is 2.54. The monoisotopic (exact) mass is 365 g/mol. The van der Waals surface area contributed by atoms with Gasteiger partial charge in [0.25, 0.3) is 5.56 Å². The summed E-state index contributed by atoms with van der Waals surface area (Å²) in [7, 11) is 0. The second-order valence-corrected chi connectivity index (χ2v) is 9.16. The van der Waals surface area contributed by atoms with Crippen molar-refractivity contribution >= 4 is 23.4 Å². The smallest absolute Gasteiger partial charge is 0.325 e. The number of hydrogen-bond acceptors (Lipinski definition) is 5. The van der Waals surface area contributed by atoms with Gasteiger partial charge in [-0.1, -0.05) is 27.7 Å². The van der Waals surface area contributed by atoms with Crippen molar-refractivity contribution in [2.45, 2.75) is 58.0 Å². The largest absolute Gasteiger partial charge is 0.480 e. The molecule has 3 aliphatic rings. The molecule has 3 fully saturated rings. The number of fused-ring (bicyclic) bond motifs is 2. The second kappa shape index (κ2) is 6.67. The summed E-state index contributed by atoms with van der Waals surface area (Å²) in [4.78, 5) is 24.1. The fraction of sp³-hybridized carbons (Fsp3) is 0.722. The van der Waals surface area contributed by atoms with Gasteiger partial charge in [-0.3, -0.25) is 9.59 Å². The van der Waals surface area contributed by atoms with Crippen LogP contribution in [-0.4, -0.2) is 32.7 Å². The summed E-state index contributed by atoms with van der Waals surface area (Å²) in [6, 6.07) is 0.338. The van der Waals surface area contributed by atoms with Crippen molar-refractivity contribution in [2.75, 3.05) is 11.1 Å². The van der Waals surface area contributed by atoms with Crippen molar-refractivity contribution in [3.05, 3.63) is 16.6 Å². The van der Waals surface area contributed by atoms with Crippen molar-refractivity contribution in [1.82, 2.24) is 9.78 Å². The third-order valence-electron chi connectivity index (χ3n) is 6.27. The number of hydrogen-bond donors (Lipinski definition) is 2.